The smallest absolute Gasteiger partial charge is 0.164 e. The van der Waals surface area contributed by atoms with Crippen LogP contribution in [0.15, 0.2) is 27.1 Å². The van der Waals surface area contributed by atoms with Crippen molar-refractivity contribution >= 4 is 53.6 Å². The first kappa shape index (κ1) is 11.4. The Bertz CT molecular complexity index is 323. The second-order valence-electron chi connectivity index (χ2n) is 2.49. The van der Waals surface area contributed by atoms with Crippen molar-refractivity contribution in [1.82, 2.24) is 0 Å². The highest BCUT2D eigenvalue weighted by molar-refractivity contribution is 9.11. The van der Waals surface area contributed by atoms with E-state index in [0.717, 1.165) is 14.5 Å². The molecule has 0 heterocycles. The van der Waals surface area contributed by atoms with Crippen molar-refractivity contribution in [1.29, 1.82) is 0 Å². The Labute approximate surface area is 102 Å². The molecule has 0 radical (unpaired) electrons. The molecule has 0 bridgehead atoms. The Morgan fingerprint density at radius 1 is 1.31 bits per heavy atom. The van der Waals surface area contributed by atoms with Gasteiger partial charge in [0.1, 0.15) is 0 Å². The van der Waals surface area contributed by atoms with E-state index in [1.165, 1.54) is 0 Å². The third-order valence-corrected chi connectivity index (χ3v) is 3.10. The number of benzene rings is 1. The van der Waals surface area contributed by atoms with E-state index in [2.05, 4.69) is 47.8 Å². The predicted molar refractivity (Wildman–Crippen MR) is 64.6 cm³/mol. The zero-order valence-electron chi connectivity index (χ0n) is 6.69. The van der Waals surface area contributed by atoms with Crippen LogP contribution < -0.4 is 0 Å². The minimum atomic E-state index is 0.149. The predicted octanol–water partition coefficient (Wildman–Crippen LogP) is 4.18. The molecule has 1 aromatic carbocycles. The number of Topliss-reactive ketones (excluding diaryl/α,β-unsaturated/α-hetero) is 1. The Morgan fingerprint density at radius 2 is 2.00 bits per heavy atom. The van der Waals surface area contributed by atoms with Crippen LogP contribution in [0.5, 0.6) is 0 Å². The SMILES string of the molecule is O=C(CCBr)c1ccc(Br)cc1Br. The molecule has 1 aromatic rings. The zero-order valence-corrected chi connectivity index (χ0v) is 11.4. The standard InChI is InChI=1S/C9H7Br3O/c10-4-3-9(13)7-2-1-6(11)5-8(7)12/h1-2,5H,3-4H2. The summed E-state index contributed by atoms with van der Waals surface area (Å²) < 4.78 is 1.81. The van der Waals surface area contributed by atoms with Crippen LogP contribution in [-0.4, -0.2) is 11.1 Å². The van der Waals surface area contributed by atoms with Crippen LogP contribution in [0.2, 0.25) is 0 Å². The number of halogens is 3. The van der Waals surface area contributed by atoms with E-state index in [9.17, 15) is 4.79 Å². The summed E-state index contributed by atoms with van der Waals surface area (Å²) in [6, 6.07) is 5.56. The van der Waals surface area contributed by atoms with Crippen molar-refractivity contribution in [2.75, 3.05) is 5.33 Å². The van der Waals surface area contributed by atoms with Crippen molar-refractivity contribution in [2.45, 2.75) is 6.42 Å². The summed E-state index contributed by atoms with van der Waals surface area (Å²) in [7, 11) is 0. The van der Waals surface area contributed by atoms with Crippen LogP contribution in [0.25, 0.3) is 0 Å². The minimum absolute atomic E-state index is 0.149. The van der Waals surface area contributed by atoms with Gasteiger partial charge in [0, 0.05) is 26.3 Å². The lowest BCUT2D eigenvalue weighted by molar-refractivity contribution is 0.0989. The second-order valence-corrected chi connectivity index (χ2v) is 5.05. The first-order valence-corrected chi connectivity index (χ1v) is 6.40. The van der Waals surface area contributed by atoms with Crippen molar-refractivity contribution in [3.63, 3.8) is 0 Å². The lowest BCUT2D eigenvalue weighted by atomic mass is 10.1. The number of alkyl halides is 1. The van der Waals surface area contributed by atoms with Crippen LogP contribution in [0, 0.1) is 0 Å². The van der Waals surface area contributed by atoms with Crippen molar-refractivity contribution in [3.8, 4) is 0 Å². The molecule has 0 saturated carbocycles. The first-order valence-electron chi connectivity index (χ1n) is 3.69. The molecule has 4 heteroatoms. The topological polar surface area (TPSA) is 17.1 Å². The molecule has 0 aliphatic carbocycles. The van der Waals surface area contributed by atoms with Crippen molar-refractivity contribution < 1.29 is 4.79 Å². The number of ketones is 1. The van der Waals surface area contributed by atoms with Gasteiger partial charge in [-0.25, -0.2) is 0 Å². The highest BCUT2D eigenvalue weighted by Gasteiger charge is 2.08. The van der Waals surface area contributed by atoms with Crippen LogP contribution >= 0.6 is 47.8 Å². The number of carbonyl (C=O) groups is 1. The number of hydrogen-bond acceptors (Lipinski definition) is 1. The molecule has 0 amide bonds. The molecule has 0 aromatic heterocycles. The lowest BCUT2D eigenvalue weighted by Crippen LogP contribution is -2.00. The van der Waals surface area contributed by atoms with Crippen LogP contribution in [-0.2, 0) is 0 Å². The fourth-order valence-electron chi connectivity index (χ4n) is 0.936. The van der Waals surface area contributed by atoms with E-state index >= 15 is 0 Å². The van der Waals surface area contributed by atoms with Gasteiger partial charge in [-0.2, -0.15) is 0 Å². The quantitative estimate of drug-likeness (QED) is 0.576. The first-order chi connectivity index (χ1) is 6.15. The molecule has 0 saturated heterocycles. The molecule has 0 aliphatic rings. The molecule has 0 N–H and O–H groups in total. The fourth-order valence-corrected chi connectivity index (χ4v) is 2.56. The van der Waals surface area contributed by atoms with E-state index in [-0.39, 0.29) is 5.78 Å². The molecule has 0 aliphatic heterocycles. The van der Waals surface area contributed by atoms with E-state index in [0.29, 0.717) is 11.8 Å². The number of hydrogen-bond donors (Lipinski definition) is 0. The maximum absolute atomic E-state index is 11.5. The van der Waals surface area contributed by atoms with Gasteiger partial charge in [0.15, 0.2) is 5.78 Å². The van der Waals surface area contributed by atoms with Crippen LogP contribution in [0.3, 0.4) is 0 Å². The van der Waals surface area contributed by atoms with Gasteiger partial charge in [-0.1, -0.05) is 47.8 Å². The molecule has 0 unspecified atom stereocenters. The van der Waals surface area contributed by atoms with Gasteiger partial charge in [0.2, 0.25) is 0 Å². The molecule has 0 fully saturated rings. The highest BCUT2D eigenvalue weighted by Crippen LogP contribution is 2.23. The van der Waals surface area contributed by atoms with Crippen molar-refractivity contribution in [3.05, 3.63) is 32.7 Å². The van der Waals surface area contributed by atoms with E-state index in [1.807, 2.05) is 18.2 Å². The van der Waals surface area contributed by atoms with Gasteiger partial charge in [-0.15, -0.1) is 0 Å². The molecule has 1 nitrogen and oxygen atoms in total. The third kappa shape index (κ3) is 3.18. The summed E-state index contributed by atoms with van der Waals surface area (Å²) in [5.41, 5.74) is 0.739. The summed E-state index contributed by atoms with van der Waals surface area (Å²) >= 11 is 9.93. The molecule has 0 atom stereocenters. The molecular formula is C9H7Br3O. The molecule has 13 heavy (non-hydrogen) atoms. The van der Waals surface area contributed by atoms with E-state index in [4.69, 9.17) is 0 Å². The van der Waals surface area contributed by atoms with Crippen molar-refractivity contribution in [2.24, 2.45) is 0 Å². The van der Waals surface area contributed by atoms with Gasteiger partial charge in [-0.3, -0.25) is 4.79 Å². The summed E-state index contributed by atoms with van der Waals surface area (Å²) in [4.78, 5) is 11.5. The molecule has 0 spiro atoms. The van der Waals surface area contributed by atoms with Gasteiger partial charge >= 0.3 is 0 Å². The normalized spacial score (nSPS) is 10.1. The van der Waals surface area contributed by atoms with E-state index in [1.54, 1.807) is 0 Å². The van der Waals surface area contributed by atoms with Crippen LogP contribution in [0.4, 0.5) is 0 Å². The van der Waals surface area contributed by atoms with Gasteiger partial charge in [0.25, 0.3) is 0 Å². The number of rotatable bonds is 3. The summed E-state index contributed by atoms with van der Waals surface area (Å²) in [6.45, 7) is 0. The largest absolute Gasteiger partial charge is 0.294 e. The summed E-state index contributed by atoms with van der Waals surface area (Å²) in [5, 5.41) is 0.703. The van der Waals surface area contributed by atoms with Gasteiger partial charge in [-0.05, 0) is 18.2 Å². The zero-order chi connectivity index (χ0) is 9.84. The molecule has 70 valence electrons. The Balaban J connectivity index is 2.95. The lowest BCUT2D eigenvalue weighted by Gasteiger charge is -2.02. The van der Waals surface area contributed by atoms with Gasteiger partial charge in [0.05, 0.1) is 0 Å². The Kier molecular flexibility index (Phi) is 4.62. The monoisotopic (exact) mass is 368 g/mol. The Morgan fingerprint density at radius 3 is 2.54 bits per heavy atom. The van der Waals surface area contributed by atoms with E-state index < -0.39 is 0 Å². The third-order valence-electron chi connectivity index (χ3n) is 1.55. The average molecular weight is 371 g/mol. The maximum atomic E-state index is 11.5. The molecule has 1 rings (SSSR count). The Hall–Kier alpha value is 0.330. The number of carbonyl (C=O) groups excluding carboxylic acids is 1. The minimum Gasteiger partial charge on any atom is -0.294 e. The molecular weight excluding hydrogens is 364 g/mol. The van der Waals surface area contributed by atoms with Crippen LogP contribution in [0.1, 0.15) is 16.8 Å². The summed E-state index contributed by atoms with van der Waals surface area (Å²) in [6.07, 6.45) is 0.528. The highest BCUT2D eigenvalue weighted by atomic mass is 79.9. The summed E-state index contributed by atoms with van der Waals surface area (Å²) in [5.74, 6) is 0.149. The maximum Gasteiger partial charge on any atom is 0.164 e. The fraction of sp³-hybridized carbons (Fsp3) is 0.222. The average Bonchev–Trinajstić information content (AvgIpc) is 2.04. The second kappa shape index (κ2) is 5.27. The van der Waals surface area contributed by atoms with Gasteiger partial charge < -0.3 is 0 Å².